The van der Waals surface area contributed by atoms with Crippen LogP contribution in [0.3, 0.4) is 0 Å². The van der Waals surface area contributed by atoms with Gasteiger partial charge in [0.05, 0.1) is 5.69 Å². The van der Waals surface area contributed by atoms with Gasteiger partial charge in [-0.3, -0.25) is 4.98 Å². The summed E-state index contributed by atoms with van der Waals surface area (Å²) in [4.78, 5) is 4.23. The highest BCUT2D eigenvalue weighted by Gasteiger charge is 2.24. The van der Waals surface area contributed by atoms with Gasteiger partial charge in [-0.2, -0.15) is 0 Å². The molecule has 2 nitrogen and oxygen atoms in total. The second kappa shape index (κ2) is 3.23. The molecule has 0 spiro atoms. The van der Waals surface area contributed by atoms with Crippen molar-refractivity contribution in [1.29, 1.82) is 0 Å². The molecule has 1 heterocycles. The Bertz CT molecular complexity index is 241. The lowest BCUT2D eigenvalue weighted by atomic mass is 10.1. The van der Waals surface area contributed by atoms with Crippen molar-refractivity contribution in [1.82, 2.24) is 4.98 Å². The monoisotopic (exact) mass is 162 g/mol. The van der Waals surface area contributed by atoms with Gasteiger partial charge in [0.25, 0.3) is 0 Å². The Morgan fingerprint density at radius 3 is 2.92 bits per heavy atom. The fraction of sp³-hybridized carbons (Fsp3) is 0.500. The molecular formula is C10H14N2. The van der Waals surface area contributed by atoms with Crippen molar-refractivity contribution in [2.24, 2.45) is 11.7 Å². The Labute approximate surface area is 72.8 Å². The second-order valence-corrected chi connectivity index (χ2v) is 3.54. The molecular weight excluding hydrogens is 148 g/mol. The van der Waals surface area contributed by atoms with E-state index in [1.165, 1.54) is 12.8 Å². The molecule has 1 aromatic heterocycles. The molecule has 0 aliphatic heterocycles. The third kappa shape index (κ3) is 1.83. The number of pyridine rings is 1. The van der Waals surface area contributed by atoms with Crippen molar-refractivity contribution in [3.05, 3.63) is 30.1 Å². The van der Waals surface area contributed by atoms with Crippen LogP contribution in [-0.2, 0) is 0 Å². The molecule has 2 heteroatoms. The van der Waals surface area contributed by atoms with Gasteiger partial charge in [0.2, 0.25) is 0 Å². The van der Waals surface area contributed by atoms with E-state index in [2.05, 4.69) is 4.98 Å². The first-order chi connectivity index (χ1) is 5.86. The van der Waals surface area contributed by atoms with Crippen molar-refractivity contribution >= 4 is 0 Å². The molecule has 1 saturated carbocycles. The third-order valence-corrected chi connectivity index (χ3v) is 2.35. The number of hydrogen-bond donors (Lipinski definition) is 1. The van der Waals surface area contributed by atoms with Gasteiger partial charge in [0.15, 0.2) is 0 Å². The zero-order valence-electron chi connectivity index (χ0n) is 7.11. The van der Waals surface area contributed by atoms with Crippen LogP contribution in [0.1, 0.15) is 31.0 Å². The van der Waals surface area contributed by atoms with Crippen LogP contribution in [0.15, 0.2) is 24.4 Å². The summed E-state index contributed by atoms with van der Waals surface area (Å²) in [6, 6.07) is 6.08. The minimum Gasteiger partial charge on any atom is -0.323 e. The SMILES string of the molecule is NC(CC1CC1)c1ccccn1. The highest BCUT2D eigenvalue weighted by molar-refractivity contribution is 5.08. The highest BCUT2D eigenvalue weighted by Crippen LogP contribution is 2.36. The molecule has 2 rings (SSSR count). The van der Waals surface area contributed by atoms with E-state index >= 15 is 0 Å². The van der Waals surface area contributed by atoms with E-state index < -0.39 is 0 Å². The van der Waals surface area contributed by atoms with Crippen molar-refractivity contribution in [3.63, 3.8) is 0 Å². The summed E-state index contributed by atoms with van der Waals surface area (Å²) < 4.78 is 0. The largest absolute Gasteiger partial charge is 0.323 e. The second-order valence-electron chi connectivity index (χ2n) is 3.54. The molecule has 1 aromatic rings. The lowest BCUT2D eigenvalue weighted by Gasteiger charge is -2.08. The Hall–Kier alpha value is -0.890. The first-order valence-electron chi connectivity index (χ1n) is 4.53. The van der Waals surface area contributed by atoms with Gasteiger partial charge in [-0.25, -0.2) is 0 Å². The Morgan fingerprint density at radius 2 is 2.33 bits per heavy atom. The summed E-state index contributed by atoms with van der Waals surface area (Å²) in [5.74, 6) is 0.877. The van der Waals surface area contributed by atoms with E-state index in [9.17, 15) is 0 Å². The lowest BCUT2D eigenvalue weighted by Crippen LogP contribution is -2.12. The third-order valence-electron chi connectivity index (χ3n) is 2.35. The smallest absolute Gasteiger partial charge is 0.0571 e. The number of nitrogens with two attached hydrogens (primary N) is 1. The molecule has 1 atom stereocenters. The Balaban J connectivity index is 1.98. The van der Waals surface area contributed by atoms with Crippen molar-refractivity contribution in [2.45, 2.75) is 25.3 Å². The zero-order chi connectivity index (χ0) is 8.39. The van der Waals surface area contributed by atoms with Gasteiger partial charge in [0.1, 0.15) is 0 Å². The minimum atomic E-state index is 0.152. The maximum absolute atomic E-state index is 5.97. The van der Waals surface area contributed by atoms with Crippen LogP contribution in [0.4, 0.5) is 0 Å². The quantitative estimate of drug-likeness (QED) is 0.737. The molecule has 1 fully saturated rings. The predicted molar refractivity (Wildman–Crippen MR) is 48.5 cm³/mol. The maximum atomic E-state index is 5.97. The van der Waals surface area contributed by atoms with Crippen LogP contribution >= 0.6 is 0 Å². The van der Waals surface area contributed by atoms with Gasteiger partial charge in [0, 0.05) is 12.2 Å². The summed E-state index contributed by atoms with van der Waals surface area (Å²) in [7, 11) is 0. The topological polar surface area (TPSA) is 38.9 Å². The highest BCUT2D eigenvalue weighted by atomic mass is 14.8. The molecule has 1 aliphatic carbocycles. The van der Waals surface area contributed by atoms with Crippen molar-refractivity contribution < 1.29 is 0 Å². The maximum Gasteiger partial charge on any atom is 0.0571 e. The van der Waals surface area contributed by atoms with Crippen molar-refractivity contribution in [2.75, 3.05) is 0 Å². The first kappa shape index (κ1) is 7.74. The van der Waals surface area contributed by atoms with Crippen LogP contribution in [0.5, 0.6) is 0 Å². The molecule has 64 valence electrons. The average molecular weight is 162 g/mol. The van der Waals surface area contributed by atoms with Crippen LogP contribution in [-0.4, -0.2) is 4.98 Å². The number of nitrogens with zero attached hydrogens (tertiary/aromatic N) is 1. The fourth-order valence-electron chi connectivity index (χ4n) is 1.43. The summed E-state index contributed by atoms with van der Waals surface area (Å²) in [6.07, 6.45) is 5.64. The van der Waals surface area contributed by atoms with Gasteiger partial charge < -0.3 is 5.73 Å². The normalized spacial score (nSPS) is 19.1. The summed E-state index contributed by atoms with van der Waals surface area (Å²) in [5, 5.41) is 0. The van der Waals surface area contributed by atoms with E-state index in [0.717, 1.165) is 18.0 Å². The van der Waals surface area contributed by atoms with Crippen LogP contribution in [0, 0.1) is 5.92 Å². The Kier molecular flexibility index (Phi) is 2.09. The molecule has 0 amide bonds. The molecule has 0 bridgehead atoms. The average Bonchev–Trinajstić information content (AvgIpc) is 2.90. The first-order valence-corrected chi connectivity index (χ1v) is 4.53. The van der Waals surface area contributed by atoms with Gasteiger partial charge in [-0.15, -0.1) is 0 Å². The molecule has 12 heavy (non-hydrogen) atoms. The summed E-state index contributed by atoms with van der Waals surface area (Å²) >= 11 is 0. The summed E-state index contributed by atoms with van der Waals surface area (Å²) in [5.41, 5.74) is 7.01. The minimum absolute atomic E-state index is 0.152. The molecule has 0 saturated heterocycles. The van der Waals surface area contributed by atoms with Gasteiger partial charge in [-0.05, 0) is 24.5 Å². The summed E-state index contributed by atoms with van der Waals surface area (Å²) in [6.45, 7) is 0. The zero-order valence-corrected chi connectivity index (χ0v) is 7.11. The lowest BCUT2D eigenvalue weighted by molar-refractivity contribution is 0.583. The van der Waals surface area contributed by atoms with E-state index in [1.54, 1.807) is 0 Å². The van der Waals surface area contributed by atoms with Crippen LogP contribution in [0.2, 0.25) is 0 Å². The van der Waals surface area contributed by atoms with E-state index in [-0.39, 0.29) is 6.04 Å². The van der Waals surface area contributed by atoms with Crippen molar-refractivity contribution in [3.8, 4) is 0 Å². The van der Waals surface area contributed by atoms with Gasteiger partial charge in [-0.1, -0.05) is 18.9 Å². The van der Waals surface area contributed by atoms with E-state index in [4.69, 9.17) is 5.73 Å². The fourth-order valence-corrected chi connectivity index (χ4v) is 1.43. The molecule has 1 unspecified atom stereocenters. The predicted octanol–water partition coefficient (Wildman–Crippen LogP) is 1.88. The van der Waals surface area contributed by atoms with E-state index in [1.807, 2.05) is 24.4 Å². The molecule has 0 aromatic carbocycles. The number of hydrogen-bond acceptors (Lipinski definition) is 2. The number of aromatic nitrogens is 1. The standard InChI is InChI=1S/C10H14N2/c11-9(7-8-4-5-8)10-3-1-2-6-12-10/h1-3,6,8-9H,4-5,7,11H2. The Morgan fingerprint density at radius 1 is 1.50 bits per heavy atom. The molecule has 0 radical (unpaired) electrons. The van der Waals surface area contributed by atoms with Crippen LogP contribution in [0.25, 0.3) is 0 Å². The van der Waals surface area contributed by atoms with Gasteiger partial charge >= 0.3 is 0 Å². The molecule has 2 N–H and O–H groups in total. The van der Waals surface area contributed by atoms with Crippen LogP contribution < -0.4 is 5.73 Å². The number of rotatable bonds is 3. The van der Waals surface area contributed by atoms with E-state index in [0.29, 0.717) is 0 Å². The molecule has 1 aliphatic rings.